The second-order valence-corrected chi connectivity index (χ2v) is 8.14. The third-order valence-corrected chi connectivity index (χ3v) is 5.74. The molecule has 0 radical (unpaired) electrons. The van der Waals surface area contributed by atoms with Crippen LogP contribution in [-0.2, 0) is 11.3 Å². The van der Waals surface area contributed by atoms with Gasteiger partial charge in [-0.3, -0.25) is 9.89 Å². The molecule has 0 aliphatic rings. The maximum Gasteiger partial charge on any atom is 0.256 e. The van der Waals surface area contributed by atoms with Gasteiger partial charge in [-0.1, -0.05) is 22.9 Å². The fourth-order valence-electron chi connectivity index (χ4n) is 3.01. The lowest BCUT2D eigenvalue weighted by atomic mass is 10.2. The molecule has 0 fully saturated rings. The summed E-state index contributed by atoms with van der Waals surface area (Å²) in [5.74, 6) is 0. The average Bonchev–Trinajstić information content (AvgIpc) is 3.35. The topological polar surface area (TPSA) is 97.7 Å². The molecule has 4 rings (SSSR count). The molecule has 0 unspecified atom stereocenters. The van der Waals surface area contributed by atoms with Gasteiger partial charge in [-0.05, 0) is 32.0 Å². The van der Waals surface area contributed by atoms with Crippen LogP contribution >= 0.6 is 22.9 Å². The number of ether oxygens (including phenoxy) is 1. The number of nitrogens with one attached hydrogen (secondary N) is 2. The van der Waals surface area contributed by atoms with Gasteiger partial charge in [-0.2, -0.15) is 5.10 Å². The molecular formula is C19H19ClN6O2S. The molecule has 2 N–H and O–H groups in total. The third kappa shape index (κ3) is 3.76. The van der Waals surface area contributed by atoms with Crippen LogP contribution in [0.2, 0.25) is 5.02 Å². The largest absolute Gasteiger partial charge is 0.380 e. The summed E-state index contributed by atoms with van der Waals surface area (Å²) in [5.41, 5.74) is 2.91. The van der Waals surface area contributed by atoms with Gasteiger partial charge in [0.15, 0.2) is 5.01 Å². The van der Waals surface area contributed by atoms with Crippen LogP contribution < -0.4 is 10.9 Å². The second kappa shape index (κ2) is 7.94. The molecule has 3 aromatic heterocycles. The molecule has 0 aliphatic heterocycles. The number of pyridine rings is 1. The Morgan fingerprint density at radius 3 is 2.93 bits per heavy atom. The highest BCUT2D eigenvalue weighted by atomic mass is 35.5. The Kier molecular flexibility index (Phi) is 5.35. The van der Waals surface area contributed by atoms with Crippen LogP contribution in [0.15, 0.2) is 35.4 Å². The van der Waals surface area contributed by atoms with Crippen LogP contribution in [0.5, 0.6) is 0 Å². The van der Waals surface area contributed by atoms with Gasteiger partial charge in [-0.15, -0.1) is 10.2 Å². The maximum atomic E-state index is 12.6. The van der Waals surface area contributed by atoms with E-state index in [1.807, 2.05) is 26.0 Å². The van der Waals surface area contributed by atoms with Crippen molar-refractivity contribution in [3.05, 3.63) is 51.5 Å². The first-order valence-electron chi connectivity index (χ1n) is 8.94. The van der Waals surface area contributed by atoms with Crippen molar-refractivity contribution in [1.29, 1.82) is 0 Å². The number of aromatic amines is 1. The molecule has 29 heavy (non-hydrogen) atoms. The molecular weight excluding hydrogens is 412 g/mol. The third-order valence-electron chi connectivity index (χ3n) is 4.45. The molecule has 1 aromatic carbocycles. The zero-order valence-corrected chi connectivity index (χ0v) is 17.6. The highest BCUT2D eigenvalue weighted by molar-refractivity contribution is 7.18. The summed E-state index contributed by atoms with van der Waals surface area (Å²) in [6.07, 6.45) is 3.49. The van der Waals surface area contributed by atoms with Crippen molar-refractivity contribution in [1.82, 2.24) is 25.0 Å². The number of rotatable bonds is 6. The van der Waals surface area contributed by atoms with E-state index < -0.39 is 0 Å². The van der Waals surface area contributed by atoms with E-state index in [-0.39, 0.29) is 18.2 Å². The Hall–Kier alpha value is -2.75. The van der Waals surface area contributed by atoms with Crippen molar-refractivity contribution in [2.75, 3.05) is 12.4 Å². The molecule has 0 atom stereocenters. The number of benzene rings is 1. The van der Waals surface area contributed by atoms with Crippen LogP contribution in [0.25, 0.3) is 21.5 Å². The lowest BCUT2D eigenvalue weighted by Gasteiger charge is -2.13. The number of aromatic nitrogens is 5. The highest BCUT2D eigenvalue weighted by Gasteiger charge is 2.15. The minimum Gasteiger partial charge on any atom is -0.380 e. The summed E-state index contributed by atoms with van der Waals surface area (Å²) in [7, 11) is 1.57. The predicted octanol–water partition coefficient (Wildman–Crippen LogP) is 4.37. The monoisotopic (exact) mass is 430 g/mol. The lowest BCUT2D eigenvalue weighted by molar-refractivity contribution is 0.183. The molecule has 8 nitrogen and oxygen atoms in total. The number of hydrogen-bond acceptors (Lipinski definition) is 7. The van der Waals surface area contributed by atoms with E-state index in [1.54, 1.807) is 30.1 Å². The van der Waals surface area contributed by atoms with Crippen molar-refractivity contribution >= 4 is 44.7 Å². The van der Waals surface area contributed by atoms with Crippen molar-refractivity contribution < 1.29 is 4.74 Å². The summed E-state index contributed by atoms with van der Waals surface area (Å²) in [6.45, 7) is 4.16. The number of H-pyrrole nitrogens is 1. The number of nitrogens with zero attached hydrogens (tertiary/aromatic N) is 4. The van der Waals surface area contributed by atoms with Gasteiger partial charge in [-0.25, -0.2) is 0 Å². The van der Waals surface area contributed by atoms with Crippen molar-refractivity contribution in [3.63, 3.8) is 0 Å². The average molecular weight is 431 g/mol. The zero-order valence-electron chi connectivity index (χ0n) is 16.1. The Balaban J connectivity index is 1.68. The van der Waals surface area contributed by atoms with Crippen LogP contribution in [-0.4, -0.2) is 32.1 Å². The van der Waals surface area contributed by atoms with Crippen molar-refractivity contribution in [2.24, 2.45) is 0 Å². The van der Waals surface area contributed by atoms with Crippen molar-refractivity contribution in [3.8, 4) is 10.6 Å². The summed E-state index contributed by atoms with van der Waals surface area (Å²) < 4.78 is 6.86. The summed E-state index contributed by atoms with van der Waals surface area (Å²) in [4.78, 5) is 12.6. The van der Waals surface area contributed by atoms with Crippen LogP contribution in [0.3, 0.4) is 0 Å². The van der Waals surface area contributed by atoms with Gasteiger partial charge in [0.25, 0.3) is 5.56 Å². The first-order chi connectivity index (χ1) is 14.0. The number of fused-ring (bicyclic) bond motifs is 1. The van der Waals surface area contributed by atoms with E-state index in [4.69, 9.17) is 16.3 Å². The smallest absolute Gasteiger partial charge is 0.256 e. The van der Waals surface area contributed by atoms with Gasteiger partial charge in [0, 0.05) is 35.9 Å². The lowest BCUT2D eigenvalue weighted by Crippen LogP contribution is -2.25. The van der Waals surface area contributed by atoms with Crippen molar-refractivity contribution in [2.45, 2.75) is 26.5 Å². The van der Waals surface area contributed by atoms with E-state index >= 15 is 0 Å². The molecule has 0 saturated carbocycles. The van der Waals surface area contributed by atoms with Crippen LogP contribution in [0, 0.1) is 0 Å². The molecule has 0 bridgehead atoms. The summed E-state index contributed by atoms with van der Waals surface area (Å²) >= 11 is 7.85. The number of halogens is 1. The second-order valence-electron chi connectivity index (χ2n) is 6.79. The highest BCUT2D eigenvalue weighted by Crippen LogP contribution is 2.34. The van der Waals surface area contributed by atoms with E-state index in [1.165, 1.54) is 11.3 Å². The maximum absolute atomic E-state index is 12.6. The van der Waals surface area contributed by atoms with Crippen LogP contribution in [0.1, 0.15) is 25.5 Å². The van der Waals surface area contributed by atoms with Gasteiger partial charge < -0.3 is 14.6 Å². The van der Waals surface area contributed by atoms with Gasteiger partial charge in [0.05, 0.1) is 29.0 Å². The fraction of sp³-hybridized carbons (Fsp3) is 0.263. The Morgan fingerprint density at radius 1 is 1.34 bits per heavy atom. The molecule has 0 saturated heterocycles. The standard InChI is InChI=1S/C19H19ClN6O2S/c1-10(2)26-8-11(6-12(9-28-3)18(26)27)17-24-25-19(29-17)22-15-5-4-14-13(16(15)20)7-21-23-14/h4-8,10H,9H2,1-3H3,(H,21,23)(H,22,25). The molecule has 0 spiro atoms. The minimum absolute atomic E-state index is 0.0177. The van der Waals surface area contributed by atoms with E-state index in [2.05, 4.69) is 25.7 Å². The number of hydrogen-bond donors (Lipinski definition) is 2. The first kappa shape index (κ1) is 19.6. The molecule has 4 aromatic rings. The number of anilines is 2. The molecule has 150 valence electrons. The summed E-state index contributed by atoms with van der Waals surface area (Å²) in [6, 6.07) is 5.58. The zero-order chi connectivity index (χ0) is 20.5. The SMILES string of the molecule is COCc1cc(-c2nnc(Nc3ccc4[nH]ncc4c3Cl)s2)cn(C(C)C)c1=O. The Morgan fingerprint density at radius 2 is 2.17 bits per heavy atom. The van der Waals surface area contributed by atoms with E-state index in [0.29, 0.717) is 20.7 Å². The van der Waals surface area contributed by atoms with E-state index in [9.17, 15) is 4.79 Å². The summed E-state index contributed by atoms with van der Waals surface area (Å²) in [5, 5.41) is 21.3. The minimum atomic E-state index is -0.0614. The normalized spacial score (nSPS) is 11.5. The van der Waals surface area contributed by atoms with Gasteiger partial charge in [0.2, 0.25) is 5.13 Å². The van der Waals surface area contributed by atoms with Gasteiger partial charge >= 0.3 is 0 Å². The number of methoxy groups -OCH3 is 1. The quantitative estimate of drug-likeness (QED) is 0.471. The molecule has 0 amide bonds. The van der Waals surface area contributed by atoms with E-state index in [0.717, 1.165) is 22.2 Å². The fourth-order valence-corrected chi connectivity index (χ4v) is 4.00. The van der Waals surface area contributed by atoms with Gasteiger partial charge in [0.1, 0.15) is 0 Å². The Labute approximate surface area is 175 Å². The molecule has 0 aliphatic carbocycles. The predicted molar refractivity (Wildman–Crippen MR) is 115 cm³/mol. The van der Waals surface area contributed by atoms with Crippen LogP contribution in [0.4, 0.5) is 10.8 Å². The first-order valence-corrected chi connectivity index (χ1v) is 10.1. The Bertz CT molecular complexity index is 1230. The molecule has 10 heteroatoms. The molecule has 3 heterocycles.